The normalized spacial score (nSPS) is 28.7. The van der Waals surface area contributed by atoms with E-state index in [9.17, 15) is 5.11 Å². The van der Waals surface area contributed by atoms with Gasteiger partial charge in [-0.3, -0.25) is 9.80 Å². The molecule has 4 nitrogen and oxygen atoms in total. The highest BCUT2D eigenvalue weighted by molar-refractivity contribution is 4.90. The molecule has 2 saturated heterocycles. The Kier molecular flexibility index (Phi) is 3.38. The van der Waals surface area contributed by atoms with E-state index < -0.39 is 0 Å². The highest BCUT2D eigenvalue weighted by atomic mass is 16.3. The van der Waals surface area contributed by atoms with Crippen LogP contribution >= 0.6 is 0 Å². The number of hydrogen-bond acceptors (Lipinski definition) is 4. The van der Waals surface area contributed by atoms with Crippen molar-refractivity contribution in [2.24, 2.45) is 0 Å². The highest BCUT2D eigenvalue weighted by Crippen LogP contribution is 2.15. The van der Waals surface area contributed by atoms with Crippen LogP contribution in [0, 0.1) is 0 Å². The molecule has 2 aliphatic rings. The molecule has 0 aliphatic carbocycles. The number of aliphatic hydroxyl groups is 1. The molecule has 82 valence electrons. The van der Waals surface area contributed by atoms with E-state index in [0.29, 0.717) is 0 Å². The molecule has 0 radical (unpaired) electrons. The predicted octanol–water partition coefficient (Wildman–Crippen LogP) is -1.04. The summed E-state index contributed by atoms with van der Waals surface area (Å²) >= 11 is 0. The first-order valence-electron chi connectivity index (χ1n) is 5.61. The summed E-state index contributed by atoms with van der Waals surface area (Å²) in [6, 6.07) is 0.746. The van der Waals surface area contributed by atoms with Crippen molar-refractivity contribution in [3.8, 4) is 0 Å². The van der Waals surface area contributed by atoms with Crippen LogP contribution in [-0.2, 0) is 0 Å². The second-order valence-corrected chi connectivity index (χ2v) is 4.51. The quantitative estimate of drug-likeness (QED) is 0.609. The van der Waals surface area contributed by atoms with E-state index in [0.717, 1.165) is 38.8 Å². The fraction of sp³-hybridized carbons (Fsp3) is 1.00. The van der Waals surface area contributed by atoms with Crippen LogP contribution in [0.2, 0.25) is 0 Å². The summed E-state index contributed by atoms with van der Waals surface area (Å²) in [6.45, 7) is 9.62. The lowest BCUT2D eigenvalue weighted by atomic mass is 10.1. The number of likely N-dealkylation sites (tertiary alicyclic amines) is 1. The second-order valence-electron chi connectivity index (χ2n) is 4.51. The number of piperazine rings is 1. The zero-order chi connectivity index (χ0) is 9.97. The summed E-state index contributed by atoms with van der Waals surface area (Å²) < 4.78 is 0. The van der Waals surface area contributed by atoms with E-state index >= 15 is 0 Å². The number of rotatable bonds is 3. The number of nitrogens with zero attached hydrogens (tertiary/aromatic N) is 2. The van der Waals surface area contributed by atoms with Crippen LogP contribution in [0.4, 0.5) is 0 Å². The maximum atomic E-state index is 9.22. The summed E-state index contributed by atoms with van der Waals surface area (Å²) in [5, 5.41) is 12.6. The van der Waals surface area contributed by atoms with Gasteiger partial charge in [0.1, 0.15) is 0 Å². The summed E-state index contributed by atoms with van der Waals surface area (Å²) in [6.07, 6.45) is -0.182. The summed E-state index contributed by atoms with van der Waals surface area (Å²) in [5.41, 5.74) is 0. The van der Waals surface area contributed by atoms with Gasteiger partial charge in [0.2, 0.25) is 0 Å². The zero-order valence-electron chi connectivity index (χ0n) is 8.95. The lowest BCUT2D eigenvalue weighted by Gasteiger charge is -2.47. The Morgan fingerprint density at radius 2 is 2.00 bits per heavy atom. The van der Waals surface area contributed by atoms with Crippen LogP contribution in [0.15, 0.2) is 0 Å². The van der Waals surface area contributed by atoms with Crippen molar-refractivity contribution in [2.75, 3.05) is 45.8 Å². The summed E-state index contributed by atoms with van der Waals surface area (Å²) in [7, 11) is 0. The lowest BCUT2D eigenvalue weighted by molar-refractivity contribution is 0.00323. The molecule has 4 heteroatoms. The SMILES string of the molecule is C[C@H](O)CN1CC(N2CCNCC2)C1. The molecular weight excluding hydrogens is 178 g/mol. The molecule has 0 aromatic heterocycles. The third-order valence-electron chi connectivity index (χ3n) is 3.13. The second kappa shape index (κ2) is 4.57. The van der Waals surface area contributed by atoms with Crippen molar-refractivity contribution in [3.63, 3.8) is 0 Å². The minimum absolute atomic E-state index is 0.182. The molecule has 0 aromatic rings. The van der Waals surface area contributed by atoms with Crippen LogP contribution in [-0.4, -0.2) is 72.9 Å². The largest absolute Gasteiger partial charge is 0.392 e. The minimum atomic E-state index is -0.182. The van der Waals surface area contributed by atoms with Crippen molar-refractivity contribution in [3.05, 3.63) is 0 Å². The van der Waals surface area contributed by atoms with Gasteiger partial charge in [0.05, 0.1) is 6.10 Å². The van der Waals surface area contributed by atoms with Gasteiger partial charge in [0, 0.05) is 51.9 Å². The fourth-order valence-corrected chi connectivity index (χ4v) is 2.34. The molecule has 2 rings (SSSR count). The first-order valence-corrected chi connectivity index (χ1v) is 5.61. The molecule has 0 bridgehead atoms. The van der Waals surface area contributed by atoms with Crippen molar-refractivity contribution in [1.29, 1.82) is 0 Å². The summed E-state index contributed by atoms with van der Waals surface area (Å²) in [4.78, 5) is 4.90. The Hall–Kier alpha value is -0.160. The smallest absolute Gasteiger partial charge is 0.0639 e. The van der Waals surface area contributed by atoms with Crippen molar-refractivity contribution in [2.45, 2.75) is 19.1 Å². The van der Waals surface area contributed by atoms with Crippen LogP contribution in [0.5, 0.6) is 0 Å². The number of aliphatic hydroxyl groups excluding tert-OH is 1. The minimum Gasteiger partial charge on any atom is -0.392 e. The highest BCUT2D eigenvalue weighted by Gasteiger charge is 2.32. The molecule has 2 aliphatic heterocycles. The van der Waals surface area contributed by atoms with Crippen molar-refractivity contribution in [1.82, 2.24) is 15.1 Å². The fourth-order valence-electron chi connectivity index (χ4n) is 2.34. The molecule has 0 amide bonds. The first kappa shape index (κ1) is 10.4. The molecule has 0 unspecified atom stereocenters. The van der Waals surface area contributed by atoms with E-state index in [-0.39, 0.29) is 6.10 Å². The predicted molar refractivity (Wildman–Crippen MR) is 56.4 cm³/mol. The van der Waals surface area contributed by atoms with Crippen LogP contribution in [0.25, 0.3) is 0 Å². The Morgan fingerprint density at radius 3 is 2.57 bits per heavy atom. The average molecular weight is 199 g/mol. The molecular formula is C10H21N3O. The van der Waals surface area contributed by atoms with Gasteiger partial charge in [-0.2, -0.15) is 0 Å². The van der Waals surface area contributed by atoms with Crippen LogP contribution in [0.1, 0.15) is 6.92 Å². The Balaban J connectivity index is 1.66. The van der Waals surface area contributed by atoms with Gasteiger partial charge < -0.3 is 10.4 Å². The molecule has 2 fully saturated rings. The monoisotopic (exact) mass is 199 g/mol. The third-order valence-corrected chi connectivity index (χ3v) is 3.13. The molecule has 2 N–H and O–H groups in total. The maximum Gasteiger partial charge on any atom is 0.0639 e. The van der Waals surface area contributed by atoms with Gasteiger partial charge in [-0.05, 0) is 6.92 Å². The van der Waals surface area contributed by atoms with Gasteiger partial charge >= 0.3 is 0 Å². The Bertz CT molecular complexity index is 174. The van der Waals surface area contributed by atoms with Gasteiger partial charge in [0.15, 0.2) is 0 Å². The number of nitrogens with one attached hydrogen (secondary N) is 1. The standard InChI is InChI=1S/C10H21N3O/c1-9(14)6-12-7-10(8-12)13-4-2-11-3-5-13/h9-11,14H,2-8H2,1H3/t9-/m0/s1. The third kappa shape index (κ3) is 2.45. The Labute approximate surface area is 85.9 Å². The maximum absolute atomic E-state index is 9.22. The van der Waals surface area contributed by atoms with Crippen LogP contribution in [0.3, 0.4) is 0 Å². The molecule has 1 atom stereocenters. The number of hydrogen-bond donors (Lipinski definition) is 2. The van der Waals surface area contributed by atoms with E-state index in [1.54, 1.807) is 0 Å². The van der Waals surface area contributed by atoms with E-state index in [4.69, 9.17) is 0 Å². The van der Waals surface area contributed by atoms with Gasteiger partial charge in [-0.1, -0.05) is 0 Å². The van der Waals surface area contributed by atoms with Gasteiger partial charge in [-0.25, -0.2) is 0 Å². The Morgan fingerprint density at radius 1 is 1.36 bits per heavy atom. The number of β-amino-alcohol motifs (C(OH)–C–C–N with tert-alkyl or cyclic N) is 1. The van der Waals surface area contributed by atoms with Crippen LogP contribution < -0.4 is 5.32 Å². The van der Waals surface area contributed by atoms with Crippen molar-refractivity contribution >= 4 is 0 Å². The summed E-state index contributed by atoms with van der Waals surface area (Å²) in [5.74, 6) is 0. The zero-order valence-corrected chi connectivity index (χ0v) is 8.95. The van der Waals surface area contributed by atoms with E-state index in [2.05, 4.69) is 15.1 Å². The molecule has 14 heavy (non-hydrogen) atoms. The molecule has 0 spiro atoms. The van der Waals surface area contributed by atoms with E-state index in [1.165, 1.54) is 13.1 Å². The average Bonchev–Trinajstić information content (AvgIpc) is 2.12. The van der Waals surface area contributed by atoms with Gasteiger partial charge in [-0.15, -0.1) is 0 Å². The molecule has 0 saturated carbocycles. The lowest BCUT2D eigenvalue weighted by Crippen LogP contribution is -2.63. The van der Waals surface area contributed by atoms with Crippen molar-refractivity contribution < 1.29 is 5.11 Å². The van der Waals surface area contributed by atoms with Gasteiger partial charge in [0.25, 0.3) is 0 Å². The molecule has 0 aromatic carbocycles. The first-order chi connectivity index (χ1) is 6.75. The topological polar surface area (TPSA) is 38.7 Å². The molecule has 2 heterocycles. The van der Waals surface area contributed by atoms with E-state index in [1.807, 2.05) is 6.92 Å².